The number of halogens is 3. The van der Waals surface area contributed by atoms with Crippen molar-refractivity contribution in [2.45, 2.75) is 71.1 Å². The fourth-order valence-corrected chi connectivity index (χ4v) is 6.11. The Balaban J connectivity index is 1.48. The lowest BCUT2D eigenvalue weighted by Crippen LogP contribution is -2.49. The standard InChI is InChI=1S/C35H40F3N3O4/c1-4-45-32(43)17-29(27-15-25(16-28(37)34(27)38)33-21(2)6-5-7-22(33)3)39-35(44)30(14-23-8-9-23)41-18-24(10-11-31(41)42)12-13-40-19-26(36)20-40/h5-7,10-11,15-16,18,23,26,29-30H,4,8-9,12-14,17,19-20H2,1-3H3,(H,39,44)/t29-,30?/m0/s1. The highest BCUT2D eigenvalue weighted by Crippen LogP contribution is 2.38. The van der Waals surface area contributed by atoms with Gasteiger partial charge in [0.15, 0.2) is 11.6 Å². The lowest BCUT2D eigenvalue weighted by molar-refractivity contribution is -0.144. The number of hydrogen-bond acceptors (Lipinski definition) is 5. The van der Waals surface area contributed by atoms with Crippen LogP contribution in [-0.2, 0) is 20.7 Å². The van der Waals surface area contributed by atoms with E-state index in [4.69, 9.17) is 4.74 Å². The number of amides is 1. The fraction of sp³-hybridized carbons (Fsp3) is 0.457. The minimum atomic E-state index is -1.25. The van der Waals surface area contributed by atoms with Crippen LogP contribution >= 0.6 is 0 Å². The number of carbonyl (C=O) groups excluding carboxylic acids is 2. The van der Waals surface area contributed by atoms with Crippen molar-refractivity contribution in [3.8, 4) is 11.1 Å². The second-order valence-electron chi connectivity index (χ2n) is 12.3. The lowest BCUT2D eigenvalue weighted by atomic mass is 9.92. The number of rotatable bonds is 13. The maximum Gasteiger partial charge on any atom is 0.308 e. The van der Waals surface area contributed by atoms with E-state index in [0.717, 1.165) is 41.2 Å². The molecule has 2 fully saturated rings. The summed E-state index contributed by atoms with van der Waals surface area (Å²) in [4.78, 5) is 41.8. The van der Waals surface area contributed by atoms with E-state index in [-0.39, 0.29) is 23.6 Å². The van der Waals surface area contributed by atoms with E-state index in [1.807, 2.05) is 36.9 Å². The Labute approximate surface area is 261 Å². The number of benzene rings is 2. The van der Waals surface area contributed by atoms with Gasteiger partial charge >= 0.3 is 5.97 Å². The molecule has 2 aliphatic rings. The van der Waals surface area contributed by atoms with Crippen LogP contribution in [0.25, 0.3) is 11.1 Å². The highest BCUT2D eigenvalue weighted by atomic mass is 19.2. The molecule has 1 unspecified atom stereocenters. The molecule has 1 saturated carbocycles. The van der Waals surface area contributed by atoms with E-state index in [2.05, 4.69) is 5.32 Å². The largest absolute Gasteiger partial charge is 0.466 e. The molecular weight excluding hydrogens is 583 g/mol. The molecule has 5 rings (SSSR count). The van der Waals surface area contributed by atoms with Gasteiger partial charge in [-0.05, 0) is 79.5 Å². The summed E-state index contributed by atoms with van der Waals surface area (Å²) in [5.41, 5.74) is 3.14. The molecule has 45 heavy (non-hydrogen) atoms. The summed E-state index contributed by atoms with van der Waals surface area (Å²) in [6, 6.07) is 9.14. The van der Waals surface area contributed by atoms with Gasteiger partial charge in [0.2, 0.25) is 5.91 Å². The molecule has 3 aromatic rings. The van der Waals surface area contributed by atoms with Gasteiger partial charge in [-0.2, -0.15) is 0 Å². The molecule has 1 aliphatic heterocycles. The Kier molecular flexibility index (Phi) is 10.1. The van der Waals surface area contributed by atoms with Crippen LogP contribution < -0.4 is 10.9 Å². The van der Waals surface area contributed by atoms with Gasteiger partial charge in [0.05, 0.1) is 19.1 Å². The fourth-order valence-electron chi connectivity index (χ4n) is 6.11. The molecule has 2 atom stereocenters. The van der Waals surface area contributed by atoms with E-state index >= 15 is 8.78 Å². The van der Waals surface area contributed by atoms with Crippen LogP contribution in [0.3, 0.4) is 0 Å². The molecule has 0 radical (unpaired) electrons. The van der Waals surface area contributed by atoms with Gasteiger partial charge < -0.3 is 14.6 Å². The number of nitrogens with one attached hydrogen (secondary N) is 1. The van der Waals surface area contributed by atoms with Crippen molar-refractivity contribution in [2.75, 3.05) is 26.2 Å². The number of aromatic nitrogens is 1. The smallest absolute Gasteiger partial charge is 0.308 e. The maximum absolute atomic E-state index is 15.5. The van der Waals surface area contributed by atoms with Crippen LogP contribution in [0.4, 0.5) is 13.2 Å². The summed E-state index contributed by atoms with van der Waals surface area (Å²) in [7, 11) is 0. The second-order valence-corrected chi connectivity index (χ2v) is 12.3. The normalized spacial score (nSPS) is 16.6. The van der Waals surface area contributed by atoms with Gasteiger partial charge in [0.25, 0.3) is 5.56 Å². The molecule has 1 N–H and O–H groups in total. The first-order valence-electron chi connectivity index (χ1n) is 15.6. The molecule has 240 valence electrons. The first-order valence-corrected chi connectivity index (χ1v) is 15.6. The highest BCUT2D eigenvalue weighted by molar-refractivity contribution is 5.82. The number of esters is 1. The van der Waals surface area contributed by atoms with E-state index in [0.29, 0.717) is 38.0 Å². The SMILES string of the molecule is CCOC(=O)C[C@H](NC(=O)C(CC1CC1)n1cc(CCN2CC(F)C2)ccc1=O)c1cc(-c2c(C)cccc2C)cc(F)c1F. The highest BCUT2D eigenvalue weighted by Gasteiger charge is 2.34. The predicted octanol–water partition coefficient (Wildman–Crippen LogP) is 5.76. The number of alkyl halides is 1. The molecular formula is C35H40F3N3O4. The van der Waals surface area contributed by atoms with Crippen molar-refractivity contribution in [2.24, 2.45) is 5.92 Å². The van der Waals surface area contributed by atoms with Gasteiger partial charge in [-0.1, -0.05) is 37.1 Å². The zero-order chi connectivity index (χ0) is 32.2. The third-order valence-corrected chi connectivity index (χ3v) is 8.71. The van der Waals surface area contributed by atoms with Crippen molar-refractivity contribution >= 4 is 11.9 Å². The van der Waals surface area contributed by atoms with Crippen molar-refractivity contribution < 1.29 is 27.5 Å². The zero-order valence-corrected chi connectivity index (χ0v) is 26.0. The summed E-state index contributed by atoms with van der Waals surface area (Å²) in [5, 5.41) is 2.79. The van der Waals surface area contributed by atoms with E-state index in [1.54, 1.807) is 19.2 Å². The monoisotopic (exact) mass is 623 g/mol. The number of ether oxygens (including phenoxy) is 1. The summed E-state index contributed by atoms with van der Waals surface area (Å²) >= 11 is 0. The average molecular weight is 624 g/mol. The van der Waals surface area contributed by atoms with Gasteiger partial charge in [-0.25, -0.2) is 13.2 Å². The number of likely N-dealkylation sites (tertiary alicyclic amines) is 1. The van der Waals surface area contributed by atoms with Crippen LogP contribution in [0.15, 0.2) is 53.5 Å². The summed E-state index contributed by atoms with van der Waals surface area (Å²) in [5.74, 6) is -3.29. The Morgan fingerprint density at radius 3 is 2.42 bits per heavy atom. The van der Waals surface area contributed by atoms with Crippen molar-refractivity contribution in [1.29, 1.82) is 0 Å². The van der Waals surface area contributed by atoms with Crippen LogP contribution in [-0.4, -0.2) is 53.8 Å². The lowest BCUT2D eigenvalue weighted by Gasteiger charge is -2.34. The molecule has 0 bridgehead atoms. The van der Waals surface area contributed by atoms with Gasteiger partial charge in [0.1, 0.15) is 12.2 Å². The molecule has 2 aromatic carbocycles. The zero-order valence-electron chi connectivity index (χ0n) is 26.0. The molecule has 10 heteroatoms. The average Bonchev–Trinajstić information content (AvgIpc) is 3.80. The molecule has 7 nitrogen and oxygen atoms in total. The Morgan fingerprint density at radius 2 is 1.78 bits per heavy atom. The van der Waals surface area contributed by atoms with Crippen molar-refractivity contribution in [3.63, 3.8) is 0 Å². The topological polar surface area (TPSA) is 80.6 Å². The Hall–Kier alpha value is -3.92. The number of nitrogens with zero attached hydrogens (tertiary/aromatic N) is 2. The third-order valence-electron chi connectivity index (χ3n) is 8.71. The molecule has 2 heterocycles. The number of aryl methyl sites for hydroxylation is 2. The summed E-state index contributed by atoms with van der Waals surface area (Å²) < 4.78 is 50.5. The van der Waals surface area contributed by atoms with Gasteiger partial charge in [-0.3, -0.25) is 19.3 Å². The first-order chi connectivity index (χ1) is 21.5. The molecule has 1 amide bonds. The summed E-state index contributed by atoms with van der Waals surface area (Å²) in [6.07, 6.45) is 3.21. The van der Waals surface area contributed by atoms with E-state index < -0.39 is 48.2 Å². The minimum Gasteiger partial charge on any atom is -0.466 e. The Morgan fingerprint density at radius 1 is 1.07 bits per heavy atom. The van der Waals surface area contributed by atoms with Crippen molar-refractivity contribution in [1.82, 2.24) is 14.8 Å². The molecule has 1 aliphatic carbocycles. The van der Waals surface area contributed by atoms with Crippen LogP contribution in [0, 0.1) is 31.4 Å². The minimum absolute atomic E-state index is 0.0781. The van der Waals surface area contributed by atoms with Gasteiger partial charge in [-0.15, -0.1) is 0 Å². The van der Waals surface area contributed by atoms with E-state index in [1.165, 1.54) is 16.7 Å². The van der Waals surface area contributed by atoms with Gasteiger partial charge in [0, 0.05) is 37.5 Å². The van der Waals surface area contributed by atoms with Crippen LogP contribution in [0.2, 0.25) is 0 Å². The Bertz CT molecular complexity index is 1590. The summed E-state index contributed by atoms with van der Waals surface area (Å²) in [6.45, 7) is 6.85. The number of pyridine rings is 1. The van der Waals surface area contributed by atoms with Crippen LogP contribution in [0.5, 0.6) is 0 Å². The van der Waals surface area contributed by atoms with E-state index in [9.17, 15) is 18.8 Å². The number of hydrogen-bond donors (Lipinski definition) is 1. The van der Waals surface area contributed by atoms with Crippen molar-refractivity contribution in [3.05, 3.63) is 92.9 Å². The third kappa shape index (κ3) is 7.84. The first kappa shape index (κ1) is 32.5. The van der Waals surface area contributed by atoms with Crippen LogP contribution in [0.1, 0.15) is 66.9 Å². The number of carbonyl (C=O) groups is 2. The molecule has 1 aromatic heterocycles. The maximum atomic E-state index is 15.5. The molecule has 1 saturated heterocycles. The predicted molar refractivity (Wildman–Crippen MR) is 166 cm³/mol. The molecule has 0 spiro atoms. The second kappa shape index (κ2) is 14.0. The quantitative estimate of drug-likeness (QED) is 0.245.